The number of carbonyl (C=O) groups is 1. The van der Waals surface area contributed by atoms with E-state index in [0.29, 0.717) is 6.54 Å². The number of hydrogen-bond donors (Lipinski definition) is 1. The molecule has 1 aliphatic rings. The number of fused-ring (bicyclic) bond motifs is 1. The third kappa shape index (κ3) is 2.59. The van der Waals surface area contributed by atoms with Crippen LogP contribution in [0.4, 0.5) is 5.69 Å². The second kappa shape index (κ2) is 5.49. The lowest BCUT2D eigenvalue weighted by Gasteiger charge is -2.17. The van der Waals surface area contributed by atoms with Gasteiger partial charge in [0.05, 0.1) is 12.1 Å². The fourth-order valence-electron chi connectivity index (χ4n) is 2.70. The normalized spacial score (nSPS) is 14.8. The highest BCUT2D eigenvalue weighted by Gasteiger charge is 2.17. The van der Waals surface area contributed by atoms with E-state index in [2.05, 4.69) is 10.3 Å². The molecule has 0 saturated carbocycles. The molecule has 4 nitrogen and oxygen atoms in total. The predicted molar refractivity (Wildman–Crippen MR) is 80.8 cm³/mol. The first-order valence-corrected chi connectivity index (χ1v) is 7.12. The van der Waals surface area contributed by atoms with Crippen LogP contribution >= 0.6 is 0 Å². The quantitative estimate of drug-likeness (QED) is 0.931. The van der Waals surface area contributed by atoms with Gasteiger partial charge in [0.15, 0.2) is 0 Å². The summed E-state index contributed by atoms with van der Waals surface area (Å²) in [6.45, 7) is 4.13. The lowest BCUT2D eigenvalue weighted by molar-refractivity contribution is -0.128. The number of aryl methyl sites for hydroxylation is 1. The summed E-state index contributed by atoms with van der Waals surface area (Å²) < 4.78 is 0. The first-order chi connectivity index (χ1) is 9.74. The highest BCUT2D eigenvalue weighted by molar-refractivity contribution is 5.93. The van der Waals surface area contributed by atoms with Crippen LogP contribution in [0.1, 0.15) is 18.5 Å². The Morgan fingerprint density at radius 1 is 1.30 bits per heavy atom. The summed E-state index contributed by atoms with van der Waals surface area (Å²) in [5.41, 5.74) is 2.91. The third-order valence-electron chi connectivity index (χ3n) is 3.73. The largest absolute Gasteiger partial charge is 0.376 e. The summed E-state index contributed by atoms with van der Waals surface area (Å²) in [6.07, 6.45) is 2.26. The van der Waals surface area contributed by atoms with E-state index < -0.39 is 0 Å². The van der Waals surface area contributed by atoms with E-state index in [1.54, 1.807) is 0 Å². The van der Waals surface area contributed by atoms with Crippen molar-refractivity contribution < 1.29 is 4.79 Å². The zero-order valence-electron chi connectivity index (χ0n) is 11.7. The molecular formula is C16H19N3O. The molecule has 2 heterocycles. The number of anilines is 1. The molecule has 104 valence electrons. The van der Waals surface area contributed by atoms with Crippen molar-refractivity contribution >= 4 is 22.5 Å². The molecule has 1 aliphatic heterocycles. The van der Waals surface area contributed by atoms with Gasteiger partial charge in [-0.3, -0.25) is 9.78 Å². The number of hydrogen-bond acceptors (Lipinski definition) is 3. The minimum absolute atomic E-state index is 0.182. The summed E-state index contributed by atoms with van der Waals surface area (Å²) >= 11 is 0. The van der Waals surface area contributed by atoms with Crippen LogP contribution < -0.4 is 5.32 Å². The third-order valence-corrected chi connectivity index (χ3v) is 3.73. The van der Waals surface area contributed by atoms with Crippen LogP contribution in [0.5, 0.6) is 0 Å². The molecule has 1 amide bonds. The van der Waals surface area contributed by atoms with Gasteiger partial charge in [-0.15, -0.1) is 0 Å². The summed E-state index contributed by atoms with van der Waals surface area (Å²) in [6, 6.07) is 10.0. The Morgan fingerprint density at radius 2 is 2.05 bits per heavy atom. The molecule has 0 bridgehead atoms. The van der Waals surface area contributed by atoms with E-state index in [1.165, 1.54) is 0 Å². The molecule has 1 N–H and O–H groups in total. The van der Waals surface area contributed by atoms with Crippen molar-refractivity contribution in [1.82, 2.24) is 9.88 Å². The molecule has 1 fully saturated rings. The van der Waals surface area contributed by atoms with Gasteiger partial charge < -0.3 is 10.2 Å². The summed E-state index contributed by atoms with van der Waals surface area (Å²) in [5, 5.41) is 4.34. The first-order valence-electron chi connectivity index (χ1n) is 7.12. The van der Waals surface area contributed by atoms with Crippen LogP contribution in [0, 0.1) is 6.92 Å². The van der Waals surface area contributed by atoms with Crippen LogP contribution in [0.2, 0.25) is 0 Å². The van der Waals surface area contributed by atoms with Crippen LogP contribution in [0.25, 0.3) is 10.9 Å². The van der Waals surface area contributed by atoms with Crippen LogP contribution in [0.3, 0.4) is 0 Å². The molecule has 0 unspecified atom stereocenters. The van der Waals surface area contributed by atoms with E-state index in [-0.39, 0.29) is 5.91 Å². The Bertz CT molecular complexity index is 633. The molecule has 0 aliphatic carbocycles. The second-order valence-electron chi connectivity index (χ2n) is 5.27. The van der Waals surface area contributed by atoms with Gasteiger partial charge in [0.1, 0.15) is 0 Å². The van der Waals surface area contributed by atoms with Gasteiger partial charge in [-0.1, -0.05) is 18.2 Å². The van der Waals surface area contributed by atoms with E-state index in [0.717, 1.165) is 48.2 Å². The molecule has 2 aromatic rings. The number of likely N-dealkylation sites (tertiary alicyclic amines) is 1. The van der Waals surface area contributed by atoms with Crippen molar-refractivity contribution in [3.63, 3.8) is 0 Å². The molecule has 0 radical (unpaired) electrons. The SMILES string of the molecule is Cc1cc(NCC(=O)N2CCCC2)c2ccccc2n1. The molecule has 1 saturated heterocycles. The average molecular weight is 269 g/mol. The first kappa shape index (κ1) is 12.9. The van der Waals surface area contributed by atoms with E-state index >= 15 is 0 Å². The highest BCUT2D eigenvalue weighted by atomic mass is 16.2. The van der Waals surface area contributed by atoms with Crippen molar-refractivity contribution in [2.24, 2.45) is 0 Å². The number of nitrogens with zero attached hydrogens (tertiary/aromatic N) is 2. The standard InChI is InChI=1S/C16H19N3O/c1-12-10-15(13-6-2-3-7-14(13)18-12)17-11-16(20)19-8-4-5-9-19/h2-3,6-7,10H,4-5,8-9,11H2,1H3,(H,17,18). The molecule has 3 rings (SSSR count). The number of nitrogens with one attached hydrogen (secondary N) is 1. The fraction of sp³-hybridized carbons (Fsp3) is 0.375. The topological polar surface area (TPSA) is 45.2 Å². The monoisotopic (exact) mass is 269 g/mol. The van der Waals surface area contributed by atoms with Gasteiger partial charge >= 0.3 is 0 Å². The Hall–Kier alpha value is -2.10. The smallest absolute Gasteiger partial charge is 0.241 e. The molecular weight excluding hydrogens is 250 g/mol. The van der Waals surface area contributed by atoms with Crippen molar-refractivity contribution in [2.45, 2.75) is 19.8 Å². The Balaban J connectivity index is 1.78. The van der Waals surface area contributed by atoms with Crippen LogP contribution in [0.15, 0.2) is 30.3 Å². The second-order valence-corrected chi connectivity index (χ2v) is 5.27. The average Bonchev–Trinajstić information content (AvgIpc) is 2.98. The highest BCUT2D eigenvalue weighted by Crippen LogP contribution is 2.22. The zero-order chi connectivity index (χ0) is 13.9. The van der Waals surface area contributed by atoms with Crippen molar-refractivity contribution in [3.8, 4) is 0 Å². The van der Waals surface area contributed by atoms with Crippen molar-refractivity contribution in [2.75, 3.05) is 25.0 Å². The number of rotatable bonds is 3. The van der Waals surface area contributed by atoms with Gasteiger partial charge in [0.25, 0.3) is 0 Å². The maximum atomic E-state index is 12.1. The van der Waals surface area contributed by atoms with Gasteiger partial charge in [0.2, 0.25) is 5.91 Å². The number of benzene rings is 1. The van der Waals surface area contributed by atoms with Gasteiger partial charge in [-0.25, -0.2) is 0 Å². The molecule has 0 atom stereocenters. The Kier molecular flexibility index (Phi) is 3.54. The molecule has 20 heavy (non-hydrogen) atoms. The predicted octanol–water partition coefficient (Wildman–Crippen LogP) is 2.58. The maximum Gasteiger partial charge on any atom is 0.241 e. The van der Waals surface area contributed by atoms with Crippen LogP contribution in [-0.2, 0) is 4.79 Å². The van der Waals surface area contributed by atoms with Crippen molar-refractivity contribution in [3.05, 3.63) is 36.0 Å². The number of carbonyl (C=O) groups excluding carboxylic acids is 1. The minimum atomic E-state index is 0.182. The Labute approximate surface area is 118 Å². The Morgan fingerprint density at radius 3 is 2.85 bits per heavy atom. The molecule has 0 spiro atoms. The molecule has 1 aromatic heterocycles. The number of amides is 1. The number of pyridine rings is 1. The van der Waals surface area contributed by atoms with E-state index in [4.69, 9.17) is 0 Å². The lowest BCUT2D eigenvalue weighted by atomic mass is 10.1. The van der Waals surface area contributed by atoms with Gasteiger partial charge in [-0.05, 0) is 31.9 Å². The summed E-state index contributed by atoms with van der Waals surface area (Å²) in [7, 11) is 0. The van der Waals surface area contributed by atoms with E-state index in [9.17, 15) is 4.79 Å². The van der Waals surface area contributed by atoms with Crippen LogP contribution in [-0.4, -0.2) is 35.4 Å². The van der Waals surface area contributed by atoms with E-state index in [1.807, 2.05) is 42.2 Å². The summed E-state index contributed by atoms with van der Waals surface area (Å²) in [5.74, 6) is 0.182. The van der Waals surface area contributed by atoms with Gasteiger partial charge in [-0.2, -0.15) is 0 Å². The fourth-order valence-corrected chi connectivity index (χ4v) is 2.70. The maximum absolute atomic E-state index is 12.1. The number of para-hydroxylation sites is 1. The molecule has 1 aromatic carbocycles. The number of aromatic nitrogens is 1. The van der Waals surface area contributed by atoms with Crippen molar-refractivity contribution in [1.29, 1.82) is 0 Å². The summed E-state index contributed by atoms with van der Waals surface area (Å²) in [4.78, 5) is 18.5. The lowest BCUT2D eigenvalue weighted by Crippen LogP contribution is -2.33. The minimum Gasteiger partial charge on any atom is -0.376 e. The zero-order valence-corrected chi connectivity index (χ0v) is 11.7. The van der Waals surface area contributed by atoms with Gasteiger partial charge in [0, 0.05) is 29.9 Å². The molecule has 4 heteroatoms.